The van der Waals surface area contributed by atoms with Crippen molar-refractivity contribution < 1.29 is 5.11 Å². The quantitative estimate of drug-likeness (QED) is 0.686. The van der Waals surface area contributed by atoms with Crippen LogP contribution < -0.4 is 5.32 Å². The number of hydrogen-bond donors (Lipinski definition) is 2. The van der Waals surface area contributed by atoms with Crippen LogP contribution in [0.3, 0.4) is 0 Å². The average Bonchev–Trinajstić information content (AvgIpc) is 2.46. The van der Waals surface area contributed by atoms with Crippen molar-refractivity contribution in [2.45, 2.75) is 51.5 Å². The Bertz CT molecular complexity index is 149. The van der Waals surface area contributed by atoms with Crippen LogP contribution in [-0.4, -0.2) is 23.8 Å². The van der Waals surface area contributed by atoms with E-state index >= 15 is 0 Å². The molecule has 0 radical (unpaired) electrons. The molecular formula is C11H23NO. The molecule has 0 bridgehead atoms. The summed E-state index contributed by atoms with van der Waals surface area (Å²) in [5, 5.41) is 12.7. The van der Waals surface area contributed by atoms with Gasteiger partial charge in [0.15, 0.2) is 0 Å². The first-order valence-electron chi connectivity index (χ1n) is 5.61. The van der Waals surface area contributed by atoms with Gasteiger partial charge in [-0.05, 0) is 38.1 Å². The van der Waals surface area contributed by atoms with E-state index in [9.17, 15) is 0 Å². The first-order chi connectivity index (χ1) is 6.25. The van der Waals surface area contributed by atoms with Gasteiger partial charge >= 0.3 is 0 Å². The fourth-order valence-corrected chi connectivity index (χ4v) is 2.54. The van der Waals surface area contributed by atoms with Crippen molar-refractivity contribution in [2.75, 3.05) is 13.2 Å². The van der Waals surface area contributed by atoms with Gasteiger partial charge in [-0.15, -0.1) is 0 Å². The maximum atomic E-state index is 9.07. The molecule has 0 heterocycles. The van der Waals surface area contributed by atoms with Gasteiger partial charge in [0.05, 0.1) is 0 Å². The zero-order valence-electron chi connectivity index (χ0n) is 8.97. The smallest absolute Gasteiger partial charge is 0.0448 e. The molecule has 78 valence electrons. The Morgan fingerprint density at radius 3 is 2.77 bits per heavy atom. The van der Waals surface area contributed by atoms with Crippen molar-refractivity contribution in [3.8, 4) is 0 Å². The Balaban J connectivity index is 2.51. The number of nitrogens with one attached hydrogen (secondary N) is 1. The zero-order valence-corrected chi connectivity index (χ0v) is 8.97. The first-order valence-corrected chi connectivity index (χ1v) is 5.61. The summed E-state index contributed by atoms with van der Waals surface area (Å²) in [5.41, 5.74) is 0.255. The maximum Gasteiger partial charge on any atom is 0.0448 e. The molecule has 0 aromatic rings. The van der Waals surface area contributed by atoms with Crippen LogP contribution in [0.2, 0.25) is 0 Å². The molecule has 1 saturated carbocycles. The molecule has 1 fully saturated rings. The first kappa shape index (κ1) is 11.0. The van der Waals surface area contributed by atoms with Gasteiger partial charge in [-0.2, -0.15) is 0 Å². The summed E-state index contributed by atoms with van der Waals surface area (Å²) in [4.78, 5) is 0. The minimum Gasteiger partial charge on any atom is -0.396 e. The molecule has 2 N–H and O–H groups in total. The molecule has 1 rings (SSSR count). The van der Waals surface area contributed by atoms with E-state index in [0.29, 0.717) is 6.61 Å². The normalized spacial score (nSPS) is 33.9. The standard InChI is InChI=1S/C11H23NO/c1-3-8-12-11(7-9-13)6-4-5-10(11)2/h10,12-13H,3-9H2,1-2H3. The van der Waals surface area contributed by atoms with Crippen molar-refractivity contribution in [3.63, 3.8) is 0 Å². The van der Waals surface area contributed by atoms with E-state index in [1.807, 2.05) is 0 Å². The number of aliphatic hydroxyl groups excluding tert-OH is 1. The summed E-state index contributed by atoms with van der Waals surface area (Å²) in [6.07, 6.45) is 5.98. The van der Waals surface area contributed by atoms with E-state index in [2.05, 4.69) is 19.2 Å². The number of hydrogen-bond acceptors (Lipinski definition) is 2. The second-order valence-corrected chi connectivity index (χ2v) is 4.35. The molecule has 0 saturated heterocycles. The highest BCUT2D eigenvalue weighted by molar-refractivity contribution is 4.96. The fourth-order valence-electron chi connectivity index (χ4n) is 2.54. The molecule has 2 atom stereocenters. The van der Waals surface area contributed by atoms with Crippen molar-refractivity contribution in [2.24, 2.45) is 5.92 Å². The molecule has 0 aromatic carbocycles. The van der Waals surface area contributed by atoms with Gasteiger partial charge in [0.25, 0.3) is 0 Å². The Labute approximate surface area is 81.7 Å². The van der Waals surface area contributed by atoms with Gasteiger partial charge in [-0.25, -0.2) is 0 Å². The molecule has 2 unspecified atom stereocenters. The van der Waals surface area contributed by atoms with Crippen LogP contribution >= 0.6 is 0 Å². The number of rotatable bonds is 5. The van der Waals surface area contributed by atoms with Crippen LogP contribution in [0.1, 0.15) is 46.0 Å². The molecular weight excluding hydrogens is 162 g/mol. The lowest BCUT2D eigenvalue weighted by molar-refractivity contribution is 0.177. The van der Waals surface area contributed by atoms with Crippen molar-refractivity contribution >= 4 is 0 Å². The molecule has 0 aromatic heterocycles. The minimum atomic E-state index is 0.255. The second kappa shape index (κ2) is 4.97. The summed E-state index contributed by atoms with van der Waals surface area (Å²) < 4.78 is 0. The lowest BCUT2D eigenvalue weighted by Crippen LogP contribution is -2.48. The van der Waals surface area contributed by atoms with E-state index in [4.69, 9.17) is 5.11 Å². The highest BCUT2D eigenvalue weighted by Gasteiger charge is 2.38. The third-order valence-corrected chi connectivity index (χ3v) is 3.49. The monoisotopic (exact) mass is 185 g/mol. The van der Waals surface area contributed by atoms with Crippen molar-refractivity contribution in [1.82, 2.24) is 5.32 Å². The molecule has 2 heteroatoms. The summed E-state index contributed by atoms with van der Waals surface area (Å²) in [5.74, 6) is 0.728. The summed E-state index contributed by atoms with van der Waals surface area (Å²) in [6.45, 7) is 5.91. The highest BCUT2D eigenvalue weighted by Crippen LogP contribution is 2.37. The van der Waals surface area contributed by atoms with Gasteiger partial charge in [0, 0.05) is 12.1 Å². The highest BCUT2D eigenvalue weighted by atomic mass is 16.3. The van der Waals surface area contributed by atoms with Crippen molar-refractivity contribution in [1.29, 1.82) is 0 Å². The average molecular weight is 185 g/mol. The van der Waals surface area contributed by atoms with Crippen LogP contribution in [-0.2, 0) is 0 Å². The van der Waals surface area contributed by atoms with Gasteiger partial charge in [0.2, 0.25) is 0 Å². The van der Waals surface area contributed by atoms with Crippen LogP contribution in [0, 0.1) is 5.92 Å². The SMILES string of the molecule is CCCNC1(CCO)CCCC1C. The van der Waals surface area contributed by atoms with Crippen LogP contribution in [0.5, 0.6) is 0 Å². The lowest BCUT2D eigenvalue weighted by Gasteiger charge is -2.34. The van der Waals surface area contributed by atoms with Gasteiger partial charge in [0.1, 0.15) is 0 Å². The van der Waals surface area contributed by atoms with Crippen LogP contribution in [0.15, 0.2) is 0 Å². The molecule has 0 spiro atoms. The Morgan fingerprint density at radius 2 is 2.31 bits per heavy atom. The second-order valence-electron chi connectivity index (χ2n) is 4.35. The third-order valence-electron chi connectivity index (χ3n) is 3.49. The Morgan fingerprint density at radius 1 is 1.54 bits per heavy atom. The summed E-state index contributed by atoms with van der Waals surface area (Å²) in [6, 6.07) is 0. The fraction of sp³-hybridized carbons (Fsp3) is 1.00. The third kappa shape index (κ3) is 2.44. The Kier molecular flexibility index (Phi) is 4.20. The largest absolute Gasteiger partial charge is 0.396 e. The van der Waals surface area contributed by atoms with E-state index in [0.717, 1.165) is 18.9 Å². The van der Waals surface area contributed by atoms with Crippen molar-refractivity contribution in [3.05, 3.63) is 0 Å². The Hall–Kier alpha value is -0.0800. The summed E-state index contributed by atoms with van der Waals surface area (Å²) >= 11 is 0. The van der Waals surface area contributed by atoms with Gasteiger partial charge in [-0.3, -0.25) is 0 Å². The van der Waals surface area contributed by atoms with E-state index in [-0.39, 0.29) is 5.54 Å². The predicted octanol–water partition coefficient (Wildman–Crippen LogP) is 1.93. The molecule has 0 amide bonds. The summed E-state index contributed by atoms with van der Waals surface area (Å²) in [7, 11) is 0. The van der Waals surface area contributed by atoms with Gasteiger partial charge in [-0.1, -0.05) is 20.3 Å². The van der Waals surface area contributed by atoms with Crippen LogP contribution in [0.25, 0.3) is 0 Å². The number of aliphatic hydroxyl groups is 1. The van der Waals surface area contributed by atoms with Gasteiger partial charge < -0.3 is 10.4 Å². The van der Waals surface area contributed by atoms with E-state index in [1.165, 1.54) is 25.7 Å². The van der Waals surface area contributed by atoms with E-state index in [1.54, 1.807) is 0 Å². The topological polar surface area (TPSA) is 32.3 Å². The molecule has 0 aliphatic heterocycles. The predicted molar refractivity (Wildman–Crippen MR) is 55.7 cm³/mol. The molecule has 13 heavy (non-hydrogen) atoms. The zero-order chi connectivity index (χ0) is 9.73. The minimum absolute atomic E-state index is 0.255. The molecule has 1 aliphatic carbocycles. The molecule has 2 nitrogen and oxygen atoms in total. The maximum absolute atomic E-state index is 9.07. The van der Waals surface area contributed by atoms with E-state index < -0.39 is 0 Å². The van der Waals surface area contributed by atoms with Crippen LogP contribution in [0.4, 0.5) is 0 Å². The molecule has 1 aliphatic rings. The lowest BCUT2D eigenvalue weighted by atomic mass is 9.85.